The lowest BCUT2D eigenvalue weighted by atomic mass is 9.83. The zero-order valence-corrected chi connectivity index (χ0v) is 11.8. The highest BCUT2D eigenvalue weighted by atomic mass is 16.2. The van der Waals surface area contributed by atoms with Crippen LogP contribution in [-0.4, -0.2) is 37.0 Å². The molecule has 3 nitrogen and oxygen atoms in total. The van der Waals surface area contributed by atoms with Gasteiger partial charge < -0.3 is 10.2 Å². The minimum absolute atomic E-state index is 0.401. The average Bonchev–Trinajstić information content (AvgIpc) is 2.89. The van der Waals surface area contributed by atoms with Crippen LogP contribution in [0, 0.1) is 5.92 Å². The molecule has 1 heterocycles. The normalized spacial score (nSPS) is 25.6. The minimum Gasteiger partial charge on any atom is -0.339 e. The molecule has 0 bridgehead atoms. The summed E-state index contributed by atoms with van der Waals surface area (Å²) in [6, 6.07) is 0.576. The van der Waals surface area contributed by atoms with Crippen molar-refractivity contribution in [2.24, 2.45) is 5.92 Å². The van der Waals surface area contributed by atoms with E-state index in [-0.39, 0.29) is 0 Å². The summed E-state index contributed by atoms with van der Waals surface area (Å²) < 4.78 is 0. The Bertz CT molecular complexity index is 261. The van der Waals surface area contributed by atoms with Crippen molar-refractivity contribution in [3.8, 4) is 0 Å². The van der Waals surface area contributed by atoms with Gasteiger partial charge in [-0.25, -0.2) is 0 Å². The Morgan fingerprint density at radius 1 is 1.17 bits per heavy atom. The van der Waals surface area contributed by atoms with Crippen molar-refractivity contribution in [3.63, 3.8) is 0 Å². The van der Waals surface area contributed by atoms with Gasteiger partial charge in [0.1, 0.15) is 0 Å². The third-order valence-electron chi connectivity index (χ3n) is 4.63. The molecule has 2 fully saturated rings. The molecule has 1 unspecified atom stereocenters. The van der Waals surface area contributed by atoms with Crippen LogP contribution >= 0.6 is 0 Å². The number of nitrogens with zero attached hydrogens (tertiary/aromatic N) is 1. The second-order valence-electron chi connectivity index (χ2n) is 5.90. The van der Waals surface area contributed by atoms with Crippen LogP contribution in [0.5, 0.6) is 0 Å². The molecule has 2 aliphatic rings. The number of likely N-dealkylation sites (tertiary alicyclic amines) is 1. The van der Waals surface area contributed by atoms with Gasteiger partial charge in [0, 0.05) is 19.0 Å². The third-order valence-corrected chi connectivity index (χ3v) is 4.63. The number of hydrogen-bond acceptors (Lipinski definition) is 2. The smallest absolute Gasteiger partial charge is 0.222 e. The van der Waals surface area contributed by atoms with Crippen molar-refractivity contribution < 1.29 is 4.79 Å². The van der Waals surface area contributed by atoms with Gasteiger partial charge in [-0.05, 0) is 51.6 Å². The molecule has 0 radical (unpaired) electrons. The molecule has 3 heteroatoms. The predicted molar refractivity (Wildman–Crippen MR) is 74.5 cm³/mol. The Balaban J connectivity index is 1.84. The standard InChI is InChI=1S/C15H28N2O/c1-16-11-5-10-15(18)17-12-6-9-14(17)13-7-3-2-4-8-13/h13-14,16H,2-12H2,1H3. The molecule has 2 rings (SSSR count). The predicted octanol–water partition coefficient (Wildman–Crippen LogP) is 2.56. The monoisotopic (exact) mass is 252 g/mol. The molecule has 0 aromatic carbocycles. The second kappa shape index (κ2) is 7.13. The highest BCUT2D eigenvalue weighted by Crippen LogP contribution is 2.34. The fourth-order valence-corrected chi connectivity index (χ4v) is 3.67. The highest BCUT2D eigenvalue weighted by Gasteiger charge is 2.34. The van der Waals surface area contributed by atoms with E-state index < -0.39 is 0 Å². The van der Waals surface area contributed by atoms with E-state index in [1.54, 1.807) is 0 Å². The van der Waals surface area contributed by atoms with E-state index in [9.17, 15) is 4.79 Å². The number of nitrogens with one attached hydrogen (secondary N) is 1. The zero-order chi connectivity index (χ0) is 12.8. The Morgan fingerprint density at radius 2 is 1.94 bits per heavy atom. The molecule has 1 N–H and O–H groups in total. The van der Waals surface area contributed by atoms with E-state index in [1.165, 1.54) is 44.9 Å². The van der Waals surface area contributed by atoms with Crippen LogP contribution in [0.3, 0.4) is 0 Å². The molecule has 18 heavy (non-hydrogen) atoms. The molecular weight excluding hydrogens is 224 g/mol. The van der Waals surface area contributed by atoms with Crippen molar-refractivity contribution in [2.75, 3.05) is 20.1 Å². The number of hydrogen-bond donors (Lipinski definition) is 1. The highest BCUT2D eigenvalue weighted by molar-refractivity contribution is 5.76. The number of carbonyl (C=O) groups excluding carboxylic acids is 1. The summed E-state index contributed by atoms with van der Waals surface area (Å²) in [6.45, 7) is 1.97. The van der Waals surface area contributed by atoms with Crippen molar-refractivity contribution in [3.05, 3.63) is 0 Å². The van der Waals surface area contributed by atoms with Gasteiger partial charge in [-0.15, -0.1) is 0 Å². The Labute approximate surface area is 111 Å². The summed E-state index contributed by atoms with van der Waals surface area (Å²) in [4.78, 5) is 14.5. The average molecular weight is 252 g/mol. The molecule has 0 aromatic heterocycles. The molecule has 0 aromatic rings. The van der Waals surface area contributed by atoms with Crippen molar-refractivity contribution in [2.45, 2.75) is 63.8 Å². The molecule has 1 aliphatic carbocycles. The molecule has 0 spiro atoms. The van der Waals surface area contributed by atoms with Crippen LogP contribution in [0.15, 0.2) is 0 Å². The lowest BCUT2D eigenvalue weighted by Crippen LogP contribution is -2.40. The minimum atomic E-state index is 0.401. The maximum Gasteiger partial charge on any atom is 0.222 e. The Hall–Kier alpha value is -0.570. The first-order valence-corrected chi connectivity index (χ1v) is 7.77. The van der Waals surface area contributed by atoms with Gasteiger partial charge in [0.2, 0.25) is 5.91 Å². The molecule has 1 atom stereocenters. The quantitative estimate of drug-likeness (QED) is 0.763. The van der Waals surface area contributed by atoms with Crippen LogP contribution in [0.4, 0.5) is 0 Å². The largest absolute Gasteiger partial charge is 0.339 e. The zero-order valence-electron chi connectivity index (χ0n) is 11.8. The maximum absolute atomic E-state index is 12.3. The lowest BCUT2D eigenvalue weighted by molar-refractivity contribution is -0.133. The summed E-state index contributed by atoms with van der Waals surface area (Å²) in [7, 11) is 1.95. The molecule has 1 saturated heterocycles. The second-order valence-corrected chi connectivity index (χ2v) is 5.90. The summed E-state index contributed by atoms with van der Waals surface area (Å²) in [5, 5.41) is 3.12. The van der Waals surface area contributed by atoms with Crippen LogP contribution in [0.1, 0.15) is 57.8 Å². The number of amides is 1. The van der Waals surface area contributed by atoms with E-state index in [0.29, 0.717) is 11.9 Å². The van der Waals surface area contributed by atoms with Crippen LogP contribution in [0.25, 0.3) is 0 Å². The number of rotatable bonds is 5. The first-order chi connectivity index (χ1) is 8.83. The first kappa shape index (κ1) is 13.9. The van der Waals surface area contributed by atoms with Gasteiger partial charge in [-0.2, -0.15) is 0 Å². The topological polar surface area (TPSA) is 32.3 Å². The van der Waals surface area contributed by atoms with Crippen LogP contribution in [0.2, 0.25) is 0 Å². The van der Waals surface area contributed by atoms with Gasteiger partial charge in [0.05, 0.1) is 0 Å². The fourth-order valence-electron chi connectivity index (χ4n) is 3.67. The number of carbonyl (C=O) groups is 1. The Kier molecular flexibility index (Phi) is 5.48. The van der Waals surface area contributed by atoms with Crippen LogP contribution in [-0.2, 0) is 4.79 Å². The molecule has 104 valence electrons. The molecule has 1 amide bonds. The summed E-state index contributed by atoms with van der Waals surface area (Å²) in [5.74, 6) is 1.20. The van der Waals surface area contributed by atoms with Gasteiger partial charge in [0.15, 0.2) is 0 Å². The van der Waals surface area contributed by atoms with E-state index in [1.807, 2.05) is 7.05 Å². The Morgan fingerprint density at radius 3 is 2.67 bits per heavy atom. The van der Waals surface area contributed by atoms with Gasteiger partial charge >= 0.3 is 0 Å². The van der Waals surface area contributed by atoms with E-state index in [2.05, 4.69) is 10.2 Å². The maximum atomic E-state index is 12.3. The van der Waals surface area contributed by atoms with Gasteiger partial charge in [-0.3, -0.25) is 4.79 Å². The summed E-state index contributed by atoms with van der Waals surface area (Å²) in [6.07, 6.45) is 11.0. The van der Waals surface area contributed by atoms with Gasteiger partial charge in [-0.1, -0.05) is 19.3 Å². The summed E-state index contributed by atoms with van der Waals surface area (Å²) >= 11 is 0. The molecular formula is C15H28N2O. The lowest BCUT2D eigenvalue weighted by Gasteiger charge is -2.34. The fraction of sp³-hybridized carbons (Fsp3) is 0.933. The van der Waals surface area contributed by atoms with E-state index in [4.69, 9.17) is 0 Å². The van der Waals surface area contributed by atoms with Gasteiger partial charge in [0.25, 0.3) is 0 Å². The van der Waals surface area contributed by atoms with Crippen molar-refractivity contribution >= 4 is 5.91 Å². The molecule has 1 aliphatic heterocycles. The van der Waals surface area contributed by atoms with E-state index in [0.717, 1.165) is 31.8 Å². The van der Waals surface area contributed by atoms with Crippen molar-refractivity contribution in [1.82, 2.24) is 10.2 Å². The van der Waals surface area contributed by atoms with Crippen LogP contribution < -0.4 is 5.32 Å². The van der Waals surface area contributed by atoms with E-state index >= 15 is 0 Å². The first-order valence-electron chi connectivity index (χ1n) is 7.77. The summed E-state index contributed by atoms with van der Waals surface area (Å²) in [5.41, 5.74) is 0. The van der Waals surface area contributed by atoms with Crippen molar-refractivity contribution in [1.29, 1.82) is 0 Å². The SMILES string of the molecule is CNCCCC(=O)N1CCCC1C1CCCCC1. The molecule has 1 saturated carbocycles. The third kappa shape index (κ3) is 3.47.